The number of aliphatic hydroxyl groups excluding tert-OH is 11. The van der Waals surface area contributed by atoms with Gasteiger partial charge >= 0.3 is 0 Å². The Labute approximate surface area is 537 Å². The van der Waals surface area contributed by atoms with Gasteiger partial charge in [0, 0.05) is 6.42 Å². The highest BCUT2D eigenvalue weighted by Gasteiger charge is 2.53. The Morgan fingerprint density at radius 1 is 0.393 bits per heavy atom. The van der Waals surface area contributed by atoms with Crippen molar-refractivity contribution in [3.05, 3.63) is 12.2 Å². The number of ether oxygens (including phenoxy) is 6. The van der Waals surface area contributed by atoms with Crippen LogP contribution in [0.25, 0.3) is 0 Å². The fourth-order valence-electron chi connectivity index (χ4n) is 12.7. The highest BCUT2D eigenvalue weighted by Crippen LogP contribution is 2.33. The molecule has 3 aliphatic rings. The molecule has 0 bridgehead atoms. The van der Waals surface area contributed by atoms with Gasteiger partial charge < -0.3 is 89.9 Å². The van der Waals surface area contributed by atoms with Crippen molar-refractivity contribution >= 4 is 5.91 Å². The van der Waals surface area contributed by atoms with Gasteiger partial charge in [-0.2, -0.15) is 0 Å². The third-order valence-electron chi connectivity index (χ3n) is 18.6. The van der Waals surface area contributed by atoms with Crippen LogP contribution in [0, 0.1) is 0 Å². The quantitative estimate of drug-likeness (QED) is 0.0199. The topological polar surface area (TPSA) is 307 Å². The van der Waals surface area contributed by atoms with Crippen LogP contribution in [0.2, 0.25) is 0 Å². The minimum atomic E-state index is -1.98. The van der Waals surface area contributed by atoms with Crippen LogP contribution in [-0.4, -0.2) is 193 Å². The highest BCUT2D eigenvalue weighted by molar-refractivity contribution is 5.76. The normalized spacial score (nSPS) is 28.2. The molecule has 19 heteroatoms. The van der Waals surface area contributed by atoms with Crippen molar-refractivity contribution in [3.8, 4) is 0 Å². The van der Waals surface area contributed by atoms with Gasteiger partial charge in [-0.25, -0.2) is 0 Å². The summed E-state index contributed by atoms with van der Waals surface area (Å²) >= 11 is 0. The number of unbranched alkanes of at least 4 members (excludes halogenated alkanes) is 41. The van der Waals surface area contributed by atoms with Crippen molar-refractivity contribution in [3.63, 3.8) is 0 Å². The minimum absolute atomic E-state index is 0.249. The van der Waals surface area contributed by atoms with Crippen molar-refractivity contribution in [2.75, 3.05) is 26.4 Å². The summed E-state index contributed by atoms with van der Waals surface area (Å²) in [5.41, 5.74) is 0. The zero-order chi connectivity index (χ0) is 64.7. The summed E-state index contributed by atoms with van der Waals surface area (Å²) in [6, 6.07) is -0.968. The summed E-state index contributed by atoms with van der Waals surface area (Å²) in [6.07, 6.45) is 32.1. The molecule has 0 aromatic rings. The van der Waals surface area contributed by atoms with Crippen LogP contribution in [0.3, 0.4) is 0 Å². The molecule has 3 heterocycles. The van der Waals surface area contributed by atoms with Crippen LogP contribution >= 0.6 is 0 Å². The molecule has 0 radical (unpaired) electrons. The molecule has 526 valence electrons. The maximum atomic E-state index is 13.4. The first kappa shape index (κ1) is 81.8. The lowest BCUT2D eigenvalue weighted by Crippen LogP contribution is -2.66. The Kier molecular flexibility index (Phi) is 48.5. The number of hydrogen-bond acceptors (Lipinski definition) is 18. The fourth-order valence-corrected chi connectivity index (χ4v) is 12.7. The molecule has 0 saturated carbocycles. The molecule has 3 fully saturated rings. The van der Waals surface area contributed by atoms with Gasteiger partial charge in [0.05, 0.1) is 38.6 Å². The monoisotopic (exact) mass is 1280 g/mol. The lowest BCUT2D eigenvalue weighted by atomic mass is 9.96. The molecule has 0 aromatic carbocycles. The van der Waals surface area contributed by atoms with E-state index in [2.05, 4.69) is 19.2 Å². The van der Waals surface area contributed by atoms with E-state index in [-0.39, 0.29) is 18.9 Å². The van der Waals surface area contributed by atoms with Gasteiger partial charge in [-0.05, 0) is 19.3 Å². The van der Waals surface area contributed by atoms with E-state index in [1.165, 1.54) is 225 Å². The molecule has 12 N–H and O–H groups in total. The lowest BCUT2D eigenvalue weighted by Gasteiger charge is -2.48. The van der Waals surface area contributed by atoms with Crippen LogP contribution in [0.5, 0.6) is 0 Å². The SMILES string of the molecule is CCCCCCCCCCCCCCCCCCCCCCCCCCCCCC/C=C/C(O)C(COC1OC(CO)C(OC2OC(CO)C(OC3OC(CO)C(O)C(O)C3O)C(O)C2O)C(O)C1O)NC(=O)CCCCCCCCCCCCCCCC. The Morgan fingerprint density at radius 2 is 0.697 bits per heavy atom. The third kappa shape index (κ3) is 34.7. The Hall–Kier alpha value is -1.47. The van der Waals surface area contributed by atoms with Gasteiger partial charge in [0.2, 0.25) is 5.91 Å². The number of nitrogens with one attached hydrogen (secondary N) is 1. The minimum Gasteiger partial charge on any atom is -0.394 e. The van der Waals surface area contributed by atoms with Crippen molar-refractivity contribution in [1.82, 2.24) is 5.32 Å². The zero-order valence-corrected chi connectivity index (χ0v) is 55.7. The first-order chi connectivity index (χ1) is 43.3. The van der Waals surface area contributed by atoms with Crippen LogP contribution in [0.15, 0.2) is 12.2 Å². The number of hydrogen-bond donors (Lipinski definition) is 12. The molecule has 3 saturated heterocycles. The molecule has 0 aromatic heterocycles. The molecule has 3 aliphatic heterocycles. The first-order valence-electron chi connectivity index (χ1n) is 36.4. The second-order valence-electron chi connectivity index (χ2n) is 26.4. The summed E-state index contributed by atoms with van der Waals surface area (Å²) in [5.74, 6) is -0.271. The van der Waals surface area contributed by atoms with Gasteiger partial charge in [-0.3, -0.25) is 4.79 Å². The predicted molar refractivity (Wildman–Crippen MR) is 347 cm³/mol. The van der Waals surface area contributed by atoms with Crippen molar-refractivity contribution < 1.29 is 89.4 Å². The second-order valence-corrected chi connectivity index (χ2v) is 26.4. The summed E-state index contributed by atoms with van der Waals surface area (Å²) < 4.78 is 34.4. The summed E-state index contributed by atoms with van der Waals surface area (Å²) in [4.78, 5) is 13.4. The van der Waals surface area contributed by atoms with E-state index in [1.807, 2.05) is 6.08 Å². The summed E-state index contributed by atoms with van der Waals surface area (Å²) in [6.45, 7) is 1.77. The highest BCUT2D eigenvalue weighted by atomic mass is 16.8. The smallest absolute Gasteiger partial charge is 0.220 e. The largest absolute Gasteiger partial charge is 0.394 e. The van der Waals surface area contributed by atoms with E-state index in [9.17, 15) is 61.0 Å². The zero-order valence-electron chi connectivity index (χ0n) is 55.7. The Morgan fingerprint density at radius 3 is 1.06 bits per heavy atom. The molecular formula is C70H133NO18. The number of rotatable bonds is 57. The molecule has 17 atom stereocenters. The van der Waals surface area contributed by atoms with Gasteiger partial charge in [0.25, 0.3) is 0 Å². The van der Waals surface area contributed by atoms with Crippen LogP contribution in [0.4, 0.5) is 0 Å². The first-order valence-corrected chi connectivity index (χ1v) is 36.4. The molecule has 19 nitrogen and oxygen atoms in total. The second kappa shape index (κ2) is 52.8. The van der Waals surface area contributed by atoms with Gasteiger partial charge in [0.1, 0.15) is 73.2 Å². The van der Waals surface area contributed by atoms with Crippen LogP contribution in [0.1, 0.15) is 296 Å². The number of carbonyl (C=O) groups excluding carboxylic acids is 1. The van der Waals surface area contributed by atoms with E-state index in [1.54, 1.807) is 6.08 Å². The predicted octanol–water partition coefficient (Wildman–Crippen LogP) is 10.1. The van der Waals surface area contributed by atoms with Crippen molar-refractivity contribution in [2.24, 2.45) is 0 Å². The molecule has 89 heavy (non-hydrogen) atoms. The van der Waals surface area contributed by atoms with Gasteiger partial charge in [-0.1, -0.05) is 283 Å². The lowest BCUT2D eigenvalue weighted by molar-refractivity contribution is -0.379. The maximum absolute atomic E-state index is 13.4. The van der Waals surface area contributed by atoms with Gasteiger partial charge in [-0.15, -0.1) is 0 Å². The van der Waals surface area contributed by atoms with Crippen molar-refractivity contribution in [1.29, 1.82) is 0 Å². The third-order valence-corrected chi connectivity index (χ3v) is 18.6. The molecule has 1 amide bonds. The van der Waals surface area contributed by atoms with E-state index < -0.39 is 124 Å². The van der Waals surface area contributed by atoms with Crippen LogP contribution < -0.4 is 5.32 Å². The average molecular weight is 1280 g/mol. The number of aliphatic hydroxyl groups is 11. The summed E-state index contributed by atoms with van der Waals surface area (Å²) in [7, 11) is 0. The number of carbonyl (C=O) groups is 1. The average Bonchev–Trinajstić information content (AvgIpc) is 1.93. The van der Waals surface area contributed by atoms with E-state index in [4.69, 9.17) is 28.4 Å². The van der Waals surface area contributed by atoms with E-state index in [0.29, 0.717) is 6.42 Å². The van der Waals surface area contributed by atoms with E-state index in [0.717, 1.165) is 44.9 Å². The summed E-state index contributed by atoms with van der Waals surface area (Å²) in [5, 5.41) is 121. The van der Waals surface area contributed by atoms with Gasteiger partial charge in [0.15, 0.2) is 18.9 Å². The molecule has 17 unspecified atom stereocenters. The number of amides is 1. The van der Waals surface area contributed by atoms with Crippen LogP contribution in [-0.2, 0) is 33.2 Å². The Bertz CT molecular complexity index is 1670. The number of allylic oxidation sites excluding steroid dienone is 1. The Balaban J connectivity index is 1.38. The molecule has 0 aliphatic carbocycles. The molecule has 3 rings (SSSR count). The van der Waals surface area contributed by atoms with E-state index >= 15 is 0 Å². The van der Waals surface area contributed by atoms with Crippen molar-refractivity contribution in [2.45, 2.75) is 401 Å². The molecular weight excluding hydrogens is 1140 g/mol. The fraction of sp³-hybridized carbons (Fsp3) is 0.957. The maximum Gasteiger partial charge on any atom is 0.220 e. The molecule has 0 spiro atoms. The standard InChI is InChI=1S/C70H133NO18/c1-3-5-7-9-11-13-15-17-19-20-21-22-23-24-25-26-27-28-29-30-31-32-33-34-35-37-39-41-43-45-47-54(75)53(71-58(76)48-46-44-42-40-38-36-18-16-14-12-10-8-6-4-2)52-84-68-64(82)61(79)66(56(50-73)86-68)89-70-65(83)62(80)67(57(51-74)87-70)88-69-63(81)60(78)59(77)55(49-72)85-69/h45,47,53-57,59-70,72-75,77-83H,3-44,46,48-52H2,1-2H3,(H,71,76)/b47-45+.